The maximum Gasteiger partial charge on any atom is 0.228 e. The molecular weight excluding hydrogens is 430 g/mol. The second kappa shape index (κ2) is 7.55. The molecule has 1 saturated heterocycles. The highest BCUT2D eigenvalue weighted by molar-refractivity contribution is 5.78. The monoisotopic (exact) mass is 461 g/mol. The molecule has 0 radical (unpaired) electrons. The number of aromatic hydroxyl groups is 1. The summed E-state index contributed by atoms with van der Waals surface area (Å²) in [6.07, 6.45) is 6.03. The molecule has 6 rings (SSSR count). The minimum Gasteiger partial charge on any atom is -0.504 e. The van der Waals surface area contributed by atoms with Crippen molar-refractivity contribution in [2.75, 3.05) is 20.1 Å². The van der Waals surface area contributed by atoms with Gasteiger partial charge in [0, 0.05) is 37.1 Å². The lowest BCUT2D eigenvalue weighted by atomic mass is 9.48. The first-order chi connectivity index (χ1) is 16.4. The molecule has 4 aliphatic rings. The Morgan fingerprint density at radius 3 is 2.97 bits per heavy atom. The molecule has 178 valence electrons. The number of carbonyl (C=O) groups is 1. The van der Waals surface area contributed by atoms with Gasteiger partial charge in [0.25, 0.3) is 0 Å². The van der Waals surface area contributed by atoms with Gasteiger partial charge in [0.15, 0.2) is 11.5 Å². The van der Waals surface area contributed by atoms with E-state index in [2.05, 4.69) is 16.5 Å². The average Bonchev–Trinajstić information content (AvgIpc) is 3.18. The SMILES string of the molecule is C=CCN1CC[C@]23c4c5ccc(O)c4O[C@H]2[C@@H](N(C)C(=O)Cc2ccccn2)CC[C@@]3(O)[C@H]1C5. The number of aromatic nitrogens is 1. The van der Waals surface area contributed by atoms with Crippen LogP contribution in [-0.4, -0.2) is 74.8 Å². The second-order valence-electron chi connectivity index (χ2n) is 10.2. The molecule has 5 atom stereocenters. The van der Waals surface area contributed by atoms with Crippen molar-refractivity contribution in [2.45, 2.75) is 61.3 Å². The number of phenols is 1. The van der Waals surface area contributed by atoms with Gasteiger partial charge >= 0.3 is 0 Å². The fourth-order valence-corrected chi connectivity index (χ4v) is 7.35. The first-order valence-electron chi connectivity index (χ1n) is 12.2. The number of benzene rings is 1. The molecule has 0 unspecified atom stereocenters. The molecule has 1 aromatic carbocycles. The molecule has 2 aromatic rings. The quantitative estimate of drug-likeness (QED) is 0.664. The number of amides is 1. The van der Waals surface area contributed by atoms with Crippen molar-refractivity contribution in [1.82, 2.24) is 14.8 Å². The highest BCUT2D eigenvalue weighted by atomic mass is 16.5. The van der Waals surface area contributed by atoms with E-state index in [4.69, 9.17) is 4.74 Å². The minimum absolute atomic E-state index is 0.0222. The van der Waals surface area contributed by atoms with Gasteiger partial charge in [0.05, 0.1) is 23.5 Å². The summed E-state index contributed by atoms with van der Waals surface area (Å²) in [6.45, 7) is 5.46. The van der Waals surface area contributed by atoms with Crippen LogP contribution in [0.15, 0.2) is 49.2 Å². The fourth-order valence-electron chi connectivity index (χ4n) is 7.35. The molecule has 1 amide bonds. The van der Waals surface area contributed by atoms with Crippen molar-refractivity contribution in [3.05, 3.63) is 66.0 Å². The predicted molar refractivity (Wildman–Crippen MR) is 127 cm³/mol. The zero-order chi connectivity index (χ0) is 23.7. The highest BCUT2D eigenvalue weighted by Gasteiger charge is 2.73. The maximum absolute atomic E-state index is 13.3. The minimum atomic E-state index is -0.994. The Morgan fingerprint density at radius 2 is 2.21 bits per heavy atom. The van der Waals surface area contributed by atoms with E-state index >= 15 is 0 Å². The number of phenolic OH excluding ortho intramolecular Hbond substituents is 1. The Kier molecular flexibility index (Phi) is 4.80. The molecule has 34 heavy (non-hydrogen) atoms. The highest BCUT2D eigenvalue weighted by Crippen LogP contribution is 2.65. The van der Waals surface area contributed by atoms with Gasteiger partial charge in [-0.2, -0.15) is 0 Å². The lowest BCUT2D eigenvalue weighted by Crippen LogP contribution is -2.78. The van der Waals surface area contributed by atoms with Crippen molar-refractivity contribution in [1.29, 1.82) is 0 Å². The van der Waals surface area contributed by atoms with Crippen molar-refractivity contribution in [3.8, 4) is 11.5 Å². The Morgan fingerprint density at radius 1 is 1.35 bits per heavy atom. The van der Waals surface area contributed by atoms with Crippen LogP contribution in [0.2, 0.25) is 0 Å². The number of nitrogens with zero attached hydrogens (tertiary/aromatic N) is 3. The fraction of sp³-hybridized carbons (Fsp3) is 0.481. The number of likely N-dealkylation sites (N-methyl/N-ethyl adjacent to an activating group) is 1. The Hall–Kier alpha value is -2.90. The van der Waals surface area contributed by atoms with Crippen molar-refractivity contribution >= 4 is 5.91 Å². The van der Waals surface area contributed by atoms with Gasteiger partial charge in [0.1, 0.15) is 6.10 Å². The number of hydrogen-bond acceptors (Lipinski definition) is 6. The molecule has 2 N–H and O–H groups in total. The van der Waals surface area contributed by atoms with Crippen LogP contribution < -0.4 is 4.74 Å². The predicted octanol–water partition coefficient (Wildman–Crippen LogP) is 2.20. The van der Waals surface area contributed by atoms with E-state index in [1.54, 1.807) is 17.2 Å². The summed E-state index contributed by atoms with van der Waals surface area (Å²) in [7, 11) is 1.83. The van der Waals surface area contributed by atoms with E-state index in [1.165, 1.54) is 0 Å². The maximum atomic E-state index is 13.3. The van der Waals surface area contributed by atoms with Crippen LogP contribution in [0.3, 0.4) is 0 Å². The lowest BCUT2D eigenvalue weighted by Gasteiger charge is -2.64. The van der Waals surface area contributed by atoms with E-state index in [1.807, 2.05) is 37.4 Å². The van der Waals surface area contributed by atoms with Gasteiger partial charge in [-0.15, -0.1) is 6.58 Å². The van der Waals surface area contributed by atoms with Gasteiger partial charge < -0.3 is 19.8 Å². The van der Waals surface area contributed by atoms with Crippen LogP contribution in [0.25, 0.3) is 0 Å². The van der Waals surface area contributed by atoms with E-state index in [0.29, 0.717) is 31.4 Å². The smallest absolute Gasteiger partial charge is 0.228 e. The van der Waals surface area contributed by atoms with Gasteiger partial charge in [-0.05, 0) is 56.0 Å². The summed E-state index contributed by atoms with van der Waals surface area (Å²) in [5.74, 6) is 0.582. The van der Waals surface area contributed by atoms with Crippen LogP contribution in [-0.2, 0) is 23.1 Å². The number of hydrogen-bond donors (Lipinski definition) is 2. The van der Waals surface area contributed by atoms with Crippen LogP contribution in [0, 0.1) is 0 Å². The number of aliphatic hydroxyl groups is 1. The number of likely N-dealkylation sites (tertiary alicyclic amines) is 1. The standard InChI is InChI=1S/C27H31N3O4/c1-3-13-30-14-11-26-23-17-7-8-20(31)24(23)34-25(26)19(9-10-27(26,33)21(30)15-17)29(2)22(32)16-18-6-4-5-12-28-18/h3-8,12,19,21,25,31,33H,1,9-11,13-16H2,2H3/t19-,21+,25-,26-,27+/m0/s1. The summed E-state index contributed by atoms with van der Waals surface area (Å²) in [5, 5.41) is 23.2. The van der Waals surface area contributed by atoms with Crippen LogP contribution in [0.5, 0.6) is 11.5 Å². The molecule has 1 spiro atoms. The molecule has 7 heteroatoms. The Bertz CT molecular complexity index is 1150. The summed E-state index contributed by atoms with van der Waals surface area (Å²) >= 11 is 0. The molecule has 2 aliphatic heterocycles. The number of rotatable bonds is 5. The van der Waals surface area contributed by atoms with E-state index < -0.39 is 17.1 Å². The van der Waals surface area contributed by atoms with E-state index in [9.17, 15) is 15.0 Å². The zero-order valence-corrected chi connectivity index (χ0v) is 19.5. The molecule has 1 aromatic heterocycles. The summed E-state index contributed by atoms with van der Waals surface area (Å²) in [5.41, 5.74) is 1.17. The third-order valence-electron chi connectivity index (χ3n) is 8.85. The number of ether oxygens (including phenoxy) is 1. The number of carbonyl (C=O) groups excluding carboxylic acids is 1. The molecule has 2 fully saturated rings. The van der Waals surface area contributed by atoms with Crippen molar-refractivity contribution in [2.24, 2.45) is 0 Å². The molecule has 2 bridgehead atoms. The summed E-state index contributed by atoms with van der Waals surface area (Å²) < 4.78 is 6.55. The molecular formula is C27H31N3O4. The van der Waals surface area contributed by atoms with E-state index in [-0.39, 0.29) is 30.2 Å². The molecule has 2 aliphatic carbocycles. The van der Waals surface area contributed by atoms with Gasteiger partial charge in [-0.3, -0.25) is 14.7 Å². The van der Waals surface area contributed by atoms with Gasteiger partial charge in [-0.1, -0.05) is 18.2 Å². The largest absolute Gasteiger partial charge is 0.504 e. The average molecular weight is 462 g/mol. The van der Waals surface area contributed by atoms with Crippen LogP contribution in [0.1, 0.15) is 36.1 Å². The number of piperidine rings is 1. The topological polar surface area (TPSA) is 86.1 Å². The zero-order valence-electron chi connectivity index (χ0n) is 19.5. The Balaban J connectivity index is 1.41. The third-order valence-corrected chi connectivity index (χ3v) is 8.85. The van der Waals surface area contributed by atoms with Crippen molar-refractivity contribution < 1.29 is 19.7 Å². The summed E-state index contributed by atoms with van der Waals surface area (Å²) in [4.78, 5) is 21.7. The normalized spacial score (nSPS) is 33.1. The molecule has 1 saturated carbocycles. The van der Waals surface area contributed by atoms with Gasteiger partial charge in [0.2, 0.25) is 5.91 Å². The van der Waals surface area contributed by atoms with Crippen LogP contribution in [0.4, 0.5) is 0 Å². The number of pyridine rings is 1. The van der Waals surface area contributed by atoms with E-state index in [0.717, 1.165) is 29.9 Å². The lowest BCUT2D eigenvalue weighted by molar-refractivity contribution is -0.198. The third kappa shape index (κ3) is 2.71. The second-order valence-corrected chi connectivity index (χ2v) is 10.2. The molecule has 3 heterocycles. The summed E-state index contributed by atoms with van der Waals surface area (Å²) in [6, 6.07) is 9.00. The first-order valence-corrected chi connectivity index (χ1v) is 12.2. The van der Waals surface area contributed by atoms with Crippen LogP contribution >= 0.6 is 0 Å². The van der Waals surface area contributed by atoms with Crippen molar-refractivity contribution in [3.63, 3.8) is 0 Å². The first kappa shape index (κ1) is 21.6. The van der Waals surface area contributed by atoms with Gasteiger partial charge in [-0.25, -0.2) is 0 Å². The molecule has 7 nitrogen and oxygen atoms in total. The Labute approximate surface area is 199 Å².